The highest BCUT2D eigenvalue weighted by molar-refractivity contribution is 6.45. The molecule has 3 aromatic rings. The average Bonchev–Trinajstić information content (AvgIpc) is 3.35. The number of ketones is 1. The summed E-state index contributed by atoms with van der Waals surface area (Å²) in [6.07, 6.45) is 3.62. The van der Waals surface area contributed by atoms with Gasteiger partial charge in [0.1, 0.15) is 17.2 Å². The zero-order chi connectivity index (χ0) is 34.2. The van der Waals surface area contributed by atoms with Crippen LogP contribution in [0.2, 0.25) is 0 Å². The van der Waals surface area contributed by atoms with Crippen molar-refractivity contribution in [2.24, 2.45) is 13.0 Å². The molecule has 11 heteroatoms. The number of nitrogens with zero attached hydrogens (tertiary/aromatic N) is 4. The molecule has 2 atom stereocenters. The fourth-order valence-corrected chi connectivity index (χ4v) is 6.62. The Morgan fingerprint density at radius 1 is 0.915 bits per heavy atom. The lowest BCUT2D eigenvalue weighted by atomic mass is 9.90. The first kappa shape index (κ1) is 33.9. The van der Waals surface area contributed by atoms with Crippen LogP contribution in [0.3, 0.4) is 0 Å². The molecule has 2 aliphatic rings. The van der Waals surface area contributed by atoms with Gasteiger partial charge in [-0.3, -0.25) is 14.4 Å². The van der Waals surface area contributed by atoms with E-state index in [1.54, 1.807) is 60.5 Å². The van der Waals surface area contributed by atoms with Crippen LogP contribution in [-0.4, -0.2) is 93.9 Å². The lowest BCUT2D eigenvalue weighted by molar-refractivity contribution is -0.132. The number of hydrogen-bond acceptors (Lipinski definition) is 6. The Balaban J connectivity index is 1.33. The molecule has 2 aliphatic heterocycles. The molecule has 0 radical (unpaired) electrons. The van der Waals surface area contributed by atoms with Gasteiger partial charge in [0.15, 0.2) is 0 Å². The third-order valence-corrected chi connectivity index (χ3v) is 9.19. The summed E-state index contributed by atoms with van der Waals surface area (Å²) in [5.41, 5.74) is 1.62. The second kappa shape index (κ2) is 13.4. The maximum atomic E-state index is 13.8. The SMILES string of the molecule is COc1cc2c(cc1C(=O)N1CCC(Cc3ccc(F)cc3)CC1)c(C(=O)C(=O)N1C[C@H](C)N(C(=O)OC(C)(C)C)C[C@@H]1C)cn2C. The van der Waals surface area contributed by atoms with E-state index in [9.17, 15) is 23.6 Å². The summed E-state index contributed by atoms with van der Waals surface area (Å²) in [6, 6.07) is 9.19. The molecule has 0 saturated carbocycles. The van der Waals surface area contributed by atoms with Crippen molar-refractivity contribution in [3.05, 3.63) is 65.1 Å². The Morgan fingerprint density at radius 3 is 2.15 bits per heavy atom. The highest BCUT2D eigenvalue weighted by atomic mass is 19.1. The molecule has 0 unspecified atom stereocenters. The zero-order valence-corrected chi connectivity index (χ0v) is 28.3. The fourth-order valence-electron chi connectivity index (χ4n) is 6.62. The standard InChI is InChI=1S/C36H45FN4O6/c1-22-20-41(35(45)47-36(3,4)5)23(2)19-40(22)34(44)32(42)29-21-38(6)30-18-31(46-7)28(17-27(29)30)33(43)39-14-12-25(13-15-39)16-24-8-10-26(37)11-9-24/h8-11,17-18,21-23,25H,12-16,19-20H2,1-7H3/t22-,23-/m0/s1. The summed E-state index contributed by atoms with van der Waals surface area (Å²) in [5.74, 6) is -1.01. The highest BCUT2D eigenvalue weighted by Crippen LogP contribution is 2.32. The quantitative estimate of drug-likeness (QED) is 0.260. The van der Waals surface area contributed by atoms with Crippen molar-refractivity contribution < 1.29 is 33.0 Å². The number of rotatable bonds is 6. The van der Waals surface area contributed by atoms with Crippen molar-refractivity contribution >= 4 is 34.6 Å². The number of carbonyl (C=O) groups is 4. The normalized spacial score (nSPS) is 19.2. The molecule has 47 heavy (non-hydrogen) atoms. The number of methoxy groups -OCH3 is 1. The largest absolute Gasteiger partial charge is 0.496 e. The Bertz CT molecular complexity index is 1670. The number of halogens is 1. The summed E-state index contributed by atoms with van der Waals surface area (Å²) in [7, 11) is 3.28. The minimum Gasteiger partial charge on any atom is -0.496 e. The molecular weight excluding hydrogens is 603 g/mol. The zero-order valence-electron chi connectivity index (χ0n) is 28.3. The van der Waals surface area contributed by atoms with Crippen molar-refractivity contribution in [3.63, 3.8) is 0 Å². The van der Waals surface area contributed by atoms with Gasteiger partial charge in [-0.05, 0) is 83.6 Å². The van der Waals surface area contributed by atoms with E-state index in [0.717, 1.165) is 24.8 Å². The Kier molecular flexibility index (Phi) is 9.65. The van der Waals surface area contributed by atoms with Crippen LogP contribution in [0.25, 0.3) is 10.9 Å². The first-order valence-corrected chi connectivity index (χ1v) is 16.2. The number of hydrogen-bond donors (Lipinski definition) is 0. The van der Waals surface area contributed by atoms with Gasteiger partial charge in [0.2, 0.25) is 0 Å². The number of aryl methyl sites for hydroxylation is 1. The summed E-state index contributed by atoms with van der Waals surface area (Å²) >= 11 is 0. The predicted molar refractivity (Wildman–Crippen MR) is 176 cm³/mol. The number of amides is 3. The van der Waals surface area contributed by atoms with Crippen molar-refractivity contribution in [2.45, 2.75) is 71.6 Å². The molecule has 2 fully saturated rings. The van der Waals surface area contributed by atoms with E-state index in [1.807, 2.05) is 26.0 Å². The molecule has 0 aliphatic carbocycles. The van der Waals surface area contributed by atoms with Gasteiger partial charge in [-0.1, -0.05) is 12.1 Å². The number of carbonyl (C=O) groups excluding carboxylic acids is 4. The van der Waals surface area contributed by atoms with Crippen LogP contribution in [0.15, 0.2) is 42.6 Å². The number of ether oxygens (including phenoxy) is 2. The van der Waals surface area contributed by atoms with Gasteiger partial charge >= 0.3 is 6.09 Å². The molecule has 10 nitrogen and oxygen atoms in total. The van der Waals surface area contributed by atoms with E-state index in [4.69, 9.17) is 9.47 Å². The Morgan fingerprint density at radius 2 is 1.53 bits per heavy atom. The number of benzene rings is 2. The van der Waals surface area contributed by atoms with Crippen molar-refractivity contribution in [2.75, 3.05) is 33.3 Å². The van der Waals surface area contributed by atoms with Crippen LogP contribution in [-0.2, 0) is 23.0 Å². The topological polar surface area (TPSA) is 101 Å². The van der Waals surface area contributed by atoms with E-state index in [-0.39, 0.29) is 36.4 Å². The minimum atomic E-state index is -0.675. The van der Waals surface area contributed by atoms with E-state index < -0.39 is 29.4 Å². The lowest BCUT2D eigenvalue weighted by Gasteiger charge is -2.43. The first-order chi connectivity index (χ1) is 22.2. The first-order valence-electron chi connectivity index (χ1n) is 16.2. The monoisotopic (exact) mass is 648 g/mol. The predicted octanol–water partition coefficient (Wildman–Crippen LogP) is 5.46. The number of likely N-dealkylation sites (tertiary alicyclic amines) is 1. The van der Waals surface area contributed by atoms with Crippen molar-refractivity contribution in [1.29, 1.82) is 0 Å². The lowest BCUT2D eigenvalue weighted by Crippen LogP contribution is -2.61. The number of aromatic nitrogens is 1. The number of piperazine rings is 1. The van der Waals surface area contributed by atoms with Crippen LogP contribution in [0, 0.1) is 11.7 Å². The van der Waals surface area contributed by atoms with Crippen LogP contribution in [0.4, 0.5) is 9.18 Å². The second-order valence-corrected chi connectivity index (χ2v) is 13.9. The summed E-state index contributed by atoms with van der Waals surface area (Å²) in [5, 5.41) is 0.495. The van der Waals surface area contributed by atoms with Crippen LogP contribution in [0.1, 0.15) is 73.7 Å². The van der Waals surface area contributed by atoms with Crippen LogP contribution < -0.4 is 4.74 Å². The molecule has 0 N–H and O–H groups in total. The molecule has 1 aromatic heterocycles. The van der Waals surface area contributed by atoms with E-state index in [2.05, 4.69) is 0 Å². The number of piperidine rings is 1. The third-order valence-electron chi connectivity index (χ3n) is 9.19. The van der Waals surface area contributed by atoms with Crippen LogP contribution >= 0.6 is 0 Å². The van der Waals surface area contributed by atoms with E-state index in [0.29, 0.717) is 41.2 Å². The molecule has 5 rings (SSSR count). The average molecular weight is 649 g/mol. The molecule has 0 bridgehead atoms. The van der Waals surface area contributed by atoms with Gasteiger partial charge < -0.3 is 28.7 Å². The van der Waals surface area contributed by atoms with Crippen LogP contribution in [0.5, 0.6) is 5.75 Å². The summed E-state index contributed by atoms with van der Waals surface area (Å²) in [4.78, 5) is 59.0. The maximum absolute atomic E-state index is 13.8. The van der Waals surface area contributed by atoms with Crippen molar-refractivity contribution in [3.8, 4) is 5.75 Å². The van der Waals surface area contributed by atoms with E-state index in [1.165, 1.54) is 24.1 Å². The Labute approximate surface area is 275 Å². The molecule has 3 amide bonds. The second-order valence-electron chi connectivity index (χ2n) is 13.9. The highest BCUT2D eigenvalue weighted by Gasteiger charge is 2.39. The molecule has 3 heterocycles. The number of fused-ring (bicyclic) bond motifs is 1. The fraction of sp³-hybridized carbons (Fsp3) is 0.500. The molecule has 2 aromatic carbocycles. The minimum absolute atomic E-state index is 0.185. The van der Waals surface area contributed by atoms with Crippen molar-refractivity contribution in [1.82, 2.24) is 19.3 Å². The molecular formula is C36H45FN4O6. The molecule has 252 valence electrons. The molecule has 0 spiro atoms. The summed E-state index contributed by atoms with van der Waals surface area (Å²) in [6.45, 7) is 10.6. The Hall–Kier alpha value is -4.41. The van der Waals surface area contributed by atoms with Gasteiger partial charge in [-0.15, -0.1) is 0 Å². The molecule has 2 saturated heterocycles. The van der Waals surface area contributed by atoms with E-state index >= 15 is 0 Å². The third kappa shape index (κ3) is 7.29. The maximum Gasteiger partial charge on any atom is 0.410 e. The van der Waals surface area contributed by atoms with Gasteiger partial charge in [0.05, 0.1) is 23.8 Å². The van der Waals surface area contributed by atoms with Gasteiger partial charge in [-0.2, -0.15) is 0 Å². The number of Topliss-reactive ketones (excluding diaryl/α,β-unsaturated/α-hetero) is 1. The summed E-state index contributed by atoms with van der Waals surface area (Å²) < 4.78 is 26.3. The smallest absolute Gasteiger partial charge is 0.410 e. The van der Waals surface area contributed by atoms with Gasteiger partial charge in [-0.25, -0.2) is 9.18 Å². The van der Waals surface area contributed by atoms with Gasteiger partial charge in [0, 0.05) is 63.0 Å². The van der Waals surface area contributed by atoms with Gasteiger partial charge in [0.25, 0.3) is 17.6 Å².